The number of benzene rings is 1. The smallest absolute Gasteiger partial charge is 0.410 e. The maximum absolute atomic E-state index is 13.5. The average molecular weight is 560 g/mol. The highest BCUT2D eigenvalue weighted by Gasteiger charge is 2.35. The van der Waals surface area contributed by atoms with E-state index in [4.69, 9.17) is 14.5 Å². The standard InChI is InChI=1S/C27H37N5O6S/c1-20-15-23(20)18-31(13-14-37-3)25-17-22(26(33)34)16-24(28-25)29(2)39(36)32-11-9-30(10-12-32)27(35)38-19-21-7-5-4-6-8-21/h4-8,16-17,20,23H,9-15,18-19H2,1-3H3,(H,33,34). The molecule has 2 aromatic rings. The molecule has 1 saturated carbocycles. The molecule has 4 rings (SSSR count). The highest BCUT2D eigenvalue weighted by molar-refractivity contribution is 7.84. The second-order valence-electron chi connectivity index (χ2n) is 9.97. The van der Waals surface area contributed by atoms with E-state index in [-0.39, 0.29) is 12.2 Å². The van der Waals surface area contributed by atoms with Gasteiger partial charge in [0, 0.05) is 53.4 Å². The van der Waals surface area contributed by atoms with E-state index in [1.165, 1.54) is 10.4 Å². The minimum absolute atomic E-state index is 0.0797. The molecule has 0 spiro atoms. The molecule has 12 heteroatoms. The van der Waals surface area contributed by atoms with Gasteiger partial charge in [0.2, 0.25) is 0 Å². The first-order valence-electron chi connectivity index (χ1n) is 13.1. The van der Waals surface area contributed by atoms with Crippen molar-refractivity contribution >= 4 is 34.9 Å². The normalized spacial score (nSPS) is 19.8. The van der Waals surface area contributed by atoms with Gasteiger partial charge in [-0.1, -0.05) is 37.3 Å². The highest BCUT2D eigenvalue weighted by atomic mass is 32.2. The maximum Gasteiger partial charge on any atom is 0.410 e. The number of nitrogens with zero attached hydrogens (tertiary/aromatic N) is 5. The molecular formula is C27H37N5O6S. The summed E-state index contributed by atoms with van der Waals surface area (Å²) in [6, 6.07) is 12.5. The third-order valence-corrected chi connectivity index (χ3v) is 8.61. The fourth-order valence-electron chi connectivity index (χ4n) is 4.48. The summed E-state index contributed by atoms with van der Waals surface area (Å²) in [6.07, 6.45) is 0.726. The molecule has 39 heavy (non-hydrogen) atoms. The Hall–Kier alpha value is -3.22. The van der Waals surface area contributed by atoms with Gasteiger partial charge in [0.25, 0.3) is 0 Å². The third kappa shape index (κ3) is 7.68. The number of carbonyl (C=O) groups excluding carboxylic acids is 1. The molecule has 1 amide bonds. The van der Waals surface area contributed by atoms with Crippen molar-refractivity contribution in [3.8, 4) is 0 Å². The molecule has 1 aliphatic heterocycles. The summed E-state index contributed by atoms with van der Waals surface area (Å²) in [4.78, 5) is 32.8. The number of pyridine rings is 1. The zero-order valence-electron chi connectivity index (χ0n) is 22.7. The Morgan fingerprint density at radius 3 is 2.41 bits per heavy atom. The van der Waals surface area contributed by atoms with Crippen LogP contribution >= 0.6 is 0 Å². The fourth-order valence-corrected chi connectivity index (χ4v) is 5.55. The molecular weight excluding hydrogens is 522 g/mol. The van der Waals surface area contributed by atoms with E-state index in [1.54, 1.807) is 29.4 Å². The SMILES string of the molecule is COCCN(CC1CC1C)c1cc(C(=O)O)cc(N(C)S(=O)N2CCN(C(=O)OCc3ccccc3)CC2)n1. The van der Waals surface area contributed by atoms with Crippen LogP contribution in [0.5, 0.6) is 0 Å². The number of aromatic nitrogens is 1. The van der Waals surface area contributed by atoms with E-state index in [2.05, 4.69) is 6.92 Å². The van der Waals surface area contributed by atoms with E-state index >= 15 is 0 Å². The largest absolute Gasteiger partial charge is 0.478 e. The van der Waals surface area contributed by atoms with Gasteiger partial charge < -0.3 is 24.4 Å². The number of ether oxygens (including phenoxy) is 2. The summed E-state index contributed by atoms with van der Waals surface area (Å²) in [7, 11) is 3.26. The molecule has 3 unspecified atom stereocenters. The molecule has 0 bridgehead atoms. The van der Waals surface area contributed by atoms with Gasteiger partial charge in [-0.3, -0.25) is 4.31 Å². The van der Waals surface area contributed by atoms with Crippen LogP contribution in [0.25, 0.3) is 0 Å². The van der Waals surface area contributed by atoms with Gasteiger partial charge in [0.05, 0.1) is 12.2 Å². The Labute approximate surface area is 232 Å². The number of methoxy groups -OCH3 is 1. The summed E-state index contributed by atoms with van der Waals surface area (Å²) in [5.74, 6) is 0.910. The zero-order chi connectivity index (χ0) is 27.9. The van der Waals surface area contributed by atoms with Crippen molar-refractivity contribution in [2.45, 2.75) is 20.0 Å². The number of carboxylic acid groups (broad SMARTS) is 1. The highest BCUT2D eigenvalue weighted by Crippen LogP contribution is 2.39. The van der Waals surface area contributed by atoms with E-state index in [0.717, 1.165) is 18.5 Å². The van der Waals surface area contributed by atoms with Crippen LogP contribution in [0.4, 0.5) is 16.4 Å². The number of piperazine rings is 1. The molecule has 1 saturated heterocycles. The van der Waals surface area contributed by atoms with E-state index in [1.807, 2.05) is 35.2 Å². The number of anilines is 2. The van der Waals surface area contributed by atoms with Crippen molar-refractivity contribution in [3.63, 3.8) is 0 Å². The minimum Gasteiger partial charge on any atom is -0.478 e. The Kier molecular flexibility index (Phi) is 9.76. The lowest BCUT2D eigenvalue weighted by Crippen LogP contribution is -2.51. The van der Waals surface area contributed by atoms with Crippen LogP contribution < -0.4 is 9.21 Å². The van der Waals surface area contributed by atoms with Crippen molar-refractivity contribution in [2.75, 3.05) is 69.2 Å². The van der Waals surface area contributed by atoms with Crippen molar-refractivity contribution < 1.29 is 28.4 Å². The van der Waals surface area contributed by atoms with Crippen molar-refractivity contribution in [2.24, 2.45) is 11.8 Å². The van der Waals surface area contributed by atoms with Crippen LogP contribution in [0.15, 0.2) is 42.5 Å². The van der Waals surface area contributed by atoms with Crippen LogP contribution in [0, 0.1) is 11.8 Å². The summed E-state index contributed by atoms with van der Waals surface area (Å²) in [6.45, 7) is 5.70. The lowest BCUT2D eigenvalue weighted by atomic mass is 10.2. The molecule has 1 aliphatic carbocycles. The summed E-state index contributed by atoms with van der Waals surface area (Å²) >= 11 is -1.63. The number of amides is 1. The Bertz CT molecular complexity index is 1160. The van der Waals surface area contributed by atoms with Crippen LogP contribution in [-0.2, 0) is 27.3 Å². The predicted molar refractivity (Wildman–Crippen MR) is 149 cm³/mol. The van der Waals surface area contributed by atoms with Gasteiger partial charge in [0.1, 0.15) is 18.2 Å². The lowest BCUT2D eigenvalue weighted by Gasteiger charge is -2.35. The van der Waals surface area contributed by atoms with Gasteiger partial charge in [-0.05, 0) is 36.0 Å². The van der Waals surface area contributed by atoms with Crippen molar-refractivity contribution in [1.82, 2.24) is 14.2 Å². The monoisotopic (exact) mass is 559 g/mol. The summed E-state index contributed by atoms with van der Waals surface area (Å²) in [5.41, 5.74) is 0.992. The fraction of sp³-hybridized carbons (Fsp3) is 0.519. The number of hydrogen-bond acceptors (Lipinski definition) is 7. The molecule has 3 atom stereocenters. The second kappa shape index (κ2) is 13.2. The number of carboxylic acids is 1. The molecule has 11 nitrogen and oxygen atoms in total. The Morgan fingerprint density at radius 1 is 1.13 bits per heavy atom. The predicted octanol–water partition coefficient (Wildman–Crippen LogP) is 2.86. The van der Waals surface area contributed by atoms with Crippen LogP contribution in [-0.4, -0.2) is 95.6 Å². The zero-order valence-corrected chi connectivity index (χ0v) is 23.5. The van der Waals surface area contributed by atoms with Crippen molar-refractivity contribution in [1.29, 1.82) is 0 Å². The quantitative estimate of drug-likeness (QED) is 0.422. The molecule has 1 aromatic carbocycles. The summed E-state index contributed by atoms with van der Waals surface area (Å²) in [5, 5.41) is 9.77. The Morgan fingerprint density at radius 2 is 1.79 bits per heavy atom. The van der Waals surface area contributed by atoms with Crippen LogP contribution in [0.2, 0.25) is 0 Å². The third-order valence-electron chi connectivity index (χ3n) is 7.15. The van der Waals surface area contributed by atoms with Crippen LogP contribution in [0.3, 0.4) is 0 Å². The van der Waals surface area contributed by atoms with Gasteiger partial charge in [-0.2, -0.15) is 0 Å². The molecule has 2 heterocycles. The lowest BCUT2D eigenvalue weighted by molar-refractivity contribution is 0.0696. The van der Waals surface area contributed by atoms with Gasteiger partial charge in [-0.15, -0.1) is 0 Å². The first-order valence-corrected chi connectivity index (χ1v) is 14.2. The topological polar surface area (TPSA) is 116 Å². The molecule has 2 fully saturated rings. The van der Waals surface area contributed by atoms with Gasteiger partial charge >= 0.3 is 12.1 Å². The molecule has 212 valence electrons. The van der Waals surface area contributed by atoms with Gasteiger partial charge in [0.15, 0.2) is 11.2 Å². The number of carbonyl (C=O) groups is 2. The Balaban J connectivity index is 1.40. The molecule has 2 aliphatic rings. The van der Waals surface area contributed by atoms with E-state index < -0.39 is 23.2 Å². The second-order valence-corrected chi connectivity index (χ2v) is 11.5. The number of rotatable bonds is 12. The van der Waals surface area contributed by atoms with E-state index in [0.29, 0.717) is 62.8 Å². The first kappa shape index (κ1) is 28.8. The molecule has 0 radical (unpaired) electrons. The maximum atomic E-state index is 13.5. The summed E-state index contributed by atoms with van der Waals surface area (Å²) < 4.78 is 27.4. The number of hydrogen-bond donors (Lipinski definition) is 1. The van der Waals surface area contributed by atoms with Gasteiger partial charge in [-0.25, -0.2) is 23.1 Å². The van der Waals surface area contributed by atoms with Crippen molar-refractivity contribution in [3.05, 3.63) is 53.6 Å². The minimum atomic E-state index is -1.63. The number of aromatic carboxylic acids is 1. The van der Waals surface area contributed by atoms with Crippen LogP contribution in [0.1, 0.15) is 29.3 Å². The first-order chi connectivity index (χ1) is 18.8. The molecule has 1 N–H and O–H groups in total. The molecule has 1 aromatic heterocycles. The average Bonchev–Trinajstić information content (AvgIpc) is 3.67. The van der Waals surface area contributed by atoms with E-state index in [9.17, 15) is 18.9 Å².